The Morgan fingerprint density at radius 2 is 1.69 bits per heavy atom. The second-order valence-electron chi connectivity index (χ2n) is 9.71. The quantitative estimate of drug-likeness (QED) is 0.314. The normalized spacial score (nSPS) is 17.0. The highest BCUT2D eigenvalue weighted by Crippen LogP contribution is 2.41. The van der Waals surface area contributed by atoms with E-state index in [2.05, 4.69) is 59.3 Å². The summed E-state index contributed by atoms with van der Waals surface area (Å²) in [5.41, 5.74) is 5.01. The number of likely N-dealkylation sites (N-methyl/N-ethyl adjacent to an activating group) is 2. The molecule has 39 heavy (non-hydrogen) atoms. The van der Waals surface area contributed by atoms with Gasteiger partial charge in [-0.3, -0.25) is 14.5 Å². The SMILES string of the molecule is CN1CCN(CC(=O)N(C)c2c(Br)cc(N/C(=C3\C(=O)Nc4cc(Cl)ccc43)c3ccccc3)cc2Br)CC1. The van der Waals surface area contributed by atoms with Crippen LogP contribution in [0.5, 0.6) is 0 Å². The second-order valence-corrected chi connectivity index (χ2v) is 11.9. The van der Waals surface area contributed by atoms with Crippen molar-refractivity contribution in [2.24, 2.45) is 0 Å². The molecular weight excluding hydrogens is 646 g/mol. The lowest BCUT2D eigenvalue weighted by molar-refractivity contribution is -0.119. The Morgan fingerprint density at radius 1 is 1.03 bits per heavy atom. The summed E-state index contributed by atoms with van der Waals surface area (Å²) in [7, 11) is 3.89. The van der Waals surface area contributed by atoms with Crippen molar-refractivity contribution in [3.8, 4) is 0 Å². The van der Waals surface area contributed by atoms with Gasteiger partial charge in [0.25, 0.3) is 5.91 Å². The summed E-state index contributed by atoms with van der Waals surface area (Å²) in [6.07, 6.45) is 0. The van der Waals surface area contributed by atoms with Crippen LogP contribution in [0.3, 0.4) is 0 Å². The summed E-state index contributed by atoms with van der Waals surface area (Å²) in [5, 5.41) is 6.96. The van der Waals surface area contributed by atoms with Crippen LogP contribution in [0.25, 0.3) is 11.3 Å². The lowest BCUT2D eigenvalue weighted by Crippen LogP contribution is -2.48. The zero-order chi connectivity index (χ0) is 27.7. The van der Waals surface area contributed by atoms with Crippen LogP contribution in [0.2, 0.25) is 5.02 Å². The van der Waals surface area contributed by atoms with Crippen molar-refractivity contribution in [2.75, 3.05) is 62.4 Å². The van der Waals surface area contributed by atoms with Crippen LogP contribution in [0, 0.1) is 0 Å². The van der Waals surface area contributed by atoms with Gasteiger partial charge in [-0.1, -0.05) is 48.0 Å². The van der Waals surface area contributed by atoms with E-state index in [0.717, 1.165) is 57.6 Å². The number of benzene rings is 3. The number of piperazine rings is 1. The first kappa shape index (κ1) is 27.9. The molecule has 0 unspecified atom stereocenters. The van der Waals surface area contributed by atoms with E-state index in [0.29, 0.717) is 28.5 Å². The average Bonchev–Trinajstić information content (AvgIpc) is 3.23. The Labute approximate surface area is 250 Å². The third-order valence-corrected chi connectivity index (χ3v) is 8.43. The molecule has 0 radical (unpaired) electrons. The van der Waals surface area contributed by atoms with Gasteiger partial charge in [-0.25, -0.2) is 0 Å². The number of nitrogens with zero attached hydrogens (tertiary/aromatic N) is 3. The van der Waals surface area contributed by atoms with Gasteiger partial charge in [0, 0.05) is 58.4 Å². The van der Waals surface area contributed by atoms with Crippen LogP contribution in [-0.4, -0.2) is 68.4 Å². The highest BCUT2D eigenvalue weighted by Gasteiger charge is 2.29. The van der Waals surface area contributed by atoms with Crippen molar-refractivity contribution in [3.05, 3.63) is 85.8 Å². The van der Waals surface area contributed by atoms with Gasteiger partial charge in [-0.05, 0) is 68.7 Å². The minimum absolute atomic E-state index is 0.0200. The molecule has 2 N–H and O–H groups in total. The molecule has 0 aromatic heterocycles. The number of rotatable bonds is 6. The van der Waals surface area contributed by atoms with E-state index < -0.39 is 0 Å². The van der Waals surface area contributed by atoms with E-state index in [9.17, 15) is 9.59 Å². The molecule has 3 aromatic carbocycles. The second kappa shape index (κ2) is 11.8. The number of anilines is 3. The molecule has 0 bridgehead atoms. The van der Waals surface area contributed by atoms with Crippen LogP contribution in [0.1, 0.15) is 11.1 Å². The van der Waals surface area contributed by atoms with Crippen molar-refractivity contribution in [1.29, 1.82) is 0 Å². The fraction of sp³-hybridized carbons (Fsp3) is 0.241. The topological polar surface area (TPSA) is 67.9 Å². The largest absolute Gasteiger partial charge is 0.354 e. The standard InChI is InChI=1S/C29H28Br2ClN5O2/c1-35-10-12-37(13-11-35)17-25(38)36(2)28-22(30)15-20(16-23(28)31)33-27(18-6-4-3-5-7-18)26-21-9-8-19(32)14-24(21)34-29(26)39/h3-9,14-16,33H,10-13,17H2,1-2H3,(H,34,39)/b27-26-. The Bertz CT molecular complexity index is 1430. The summed E-state index contributed by atoms with van der Waals surface area (Å²) in [6, 6.07) is 18.9. The number of fused-ring (bicyclic) bond motifs is 1. The van der Waals surface area contributed by atoms with E-state index in [1.807, 2.05) is 48.5 Å². The average molecular weight is 674 g/mol. The molecule has 0 saturated carbocycles. The van der Waals surface area contributed by atoms with E-state index in [4.69, 9.17) is 11.6 Å². The van der Waals surface area contributed by atoms with Gasteiger partial charge in [-0.15, -0.1) is 0 Å². The van der Waals surface area contributed by atoms with Crippen LogP contribution in [0.15, 0.2) is 69.6 Å². The third-order valence-electron chi connectivity index (χ3n) is 6.99. The smallest absolute Gasteiger partial charge is 0.258 e. The van der Waals surface area contributed by atoms with Crippen molar-refractivity contribution in [3.63, 3.8) is 0 Å². The highest BCUT2D eigenvalue weighted by molar-refractivity contribution is 9.11. The Kier molecular flexibility index (Phi) is 8.44. The van der Waals surface area contributed by atoms with Gasteiger partial charge >= 0.3 is 0 Å². The van der Waals surface area contributed by atoms with Gasteiger partial charge in [0.15, 0.2) is 0 Å². The highest BCUT2D eigenvalue weighted by atomic mass is 79.9. The summed E-state index contributed by atoms with van der Waals surface area (Å²) >= 11 is 13.5. The summed E-state index contributed by atoms with van der Waals surface area (Å²) < 4.78 is 1.49. The van der Waals surface area contributed by atoms with Gasteiger partial charge in [0.1, 0.15) is 0 Å². The number of hydrogen-bond donors (Lipinski definition) is 2. The molecule has 2 aliphatic rings. The third kappa shape index (κ3) is 6.07. The summed E-state index contributed by atoms with van der Waals surface area (Å²) in [6.45, 7) is 4.04. The monoisotopic (exact) mass is 671 g/mol. The predicted octanol–water partition coefficient (Wildman–Crippen LogP) is 6.01. The van der Waals surface area contributed by atoms with E-state index in [-0.39, 0.29) is 11.8 Å². The maximum absolute atomic E-state index is 13.2. The Balaban J connectivity index is 1.46. The predicted molar refractivity (Wildman–Crippen MR) is 166 cm³/mol. The van der Waals surface area contributed by atoms with Crippen molar-refractivity contribution < 1.29 is 9.59 Å². The number of nitrogens with one attached hydrogen (secondary N) is 2. The minimum Gasteiger partial charge on any atom is -0.354 e. The molecule has 2 aliphatic heterocycles. The molecule has 2 amide bonds. The van der Waals surface area contributed by atoms with Gasteiger partial charge in [0.05, 0.1) is 29.2 Å². The molecule has 10 heteroatoms. The molecule has 0 atom stereocenters. The van der Waals surface area contributed by atoms with E-state index in [1.165, 1.54) is 0 Å². The Morgan fingerprint density at radius 3 is 2.36 bits per heavy atom. The van der Waals surface area contributed by atoms with Gasteiger partial charge in [-0.2, -0.15) is 0 Å². The number of hydrogen-bond acceptors (Lipinski definition) is 5. The van der Waals surface area contributed by atoms with Crippen LogP contribution >= 0.6 is 43.5 Å². The maximum atomic E-state index is 13.2. The van der Waals surface area contributed by atoms with Crippen LogP contribution < -0.4 is 15.5 Å². The van der Waals surface area contributed by atoms with E-state index >= 15 is 0 Å². The summed E-state index contributed by atoms with van der Waals surface area (Å²) in [5.74, 6) is -0.186. The number of amides is 2. The molecule has 2 heterocycles. The minimum atomic E-state index is -0.206. The van der Waals surface area contributed by atoms with Gasteiger partial charge in [0.2, 0.25) is 5.91 Å². The lowest BCUT2D eigenvalue weighted by atomic mass is 10.00. The molecule has 1 fully saturated rings. The lowest BCUT2D eigenvalue weighted by Gasteiger charge is -2.33. The summed E-state index contributed by atoms with van der Waals surface area (Å²) in [4.78, 5) is 32.4. The number of carbonyl (C=O) groups is 2. The first-order valence-electron chi connectivity index (χ1n) is 12.6. The molecule has 0 spiro atoms. The van der Waals surface area contributed by atoms with Gasteiger partial charge < -0.3 is 20.4 Å². The first-order valence-corrected chi connectivity index (χ1v) is 14.5. The van der Waals surface area contributed by atoms with E-state index in [1.54, 1.807) is 24.1 Å². The molecular formula is C29H28Br2ClN5O2. The fourth-order valence-corrected chi connectivity index (χ4v) is 6.70. The fourth-order valence-electron chi connectivity index (χ4n) is 4.81. The molecule has 202 valence electrons. The van der Waals surface area contributed by atoms with Crippen molar-refractivity contribution in [2.45, 2.75) is 0 Å². The maximum Gasteiger partial charge on any atom is 0.258 e. The van der Waals surface area contributed by atoms with Crippen LogP contribution in [-0.2, 0) is 9.59 Å². The Hall–Kier alpha value is -2.69. The molecule has 7 nitrogen and oxygen atoms in total. The van der Waals surface area contributed by atoms with Crippen molar-refractivity contribution >= 4 is 83.6 Å². The first-order chi connectivity index (χ1) is 18.7. The van der Waals surface area contributed by atoms with Crippen molar-refractivity contribution in [1.82, 2.24) is 9.80 Å². The molecule has 0 aliphatic carbocycles. The van der Waals surface area contributed by atoms with Crippen LogP contribution in [0.4, 0.5) is 17.1 Å². The number of halogens is 3. The number of carbonyl (C=O) groups excluding carboxylic acids is 2. The molecule has 1 saturated heterocycles. The molecule has 3 aromatic rings. The zero-order valence-electron chi connectivity index (χ0n) is 21.6. The zero-order valence-corrected chi connectivity index (χ0v) is 25.5. The molecule has 5 rings (SSSR count).